The SMILES string of the molecule is CCN(Cc1cc(F)c(F)c(F)c1)C1CC2CCC(C1)N2. The van der Waals surface area contributed by atoms with Crippen LogP contribution in [0.25, 0.3) is 0 Å². The Labute approximate surface area is 123 Å². The molecule has 21 heavy (non-hydrogen) atoms. The first-order valence-corrected chi connectivity index (χ1v) is 7.70. The van der Waals surface area contributed by atoms with Gasteiger partial charge >= 0.3 is 0 Å². The van der Waals surface area contributed by atoms with Crippen molar-refractivity contribution in [1.82, 2.24) is 10.2 Å². The Balaban J connectivity index is 1.72. The highest BCUT2D eigenvalue weighted by molar-refractivity contribution is 5.19. The van der Waals surface area contributed by atoms with E-state index in [4.69, 9.17) is 0 Å². The molecule has 2 saturated heterocycles. The fourth-order valence-electron chi connectivity index (χ4n) is 3.76. The van der Waals surface area contributed by atoms with E-state index in [0.717, 1.165) is 31.5 Å². The van der Waals surface area contributed by atoms with E-state index in [1.54, 1.807) is 0 Å². The first-order valence-electron chi connectivity index (χ1n) is 7.70. The highest BCUT2D eigenvalue weighted by Crippen LogP contribution is 2.30. The lowest BCUT2D eigenvalue weighted by Gasteiger charge is -2.37. The second-order valence-corrected chi connectivity index (χ2v) is 6.20. The number of piperidine rings is 1. The zero-order chi connectivity index (χ0) is 15.0. The van der Waals surface area contributed by atoms with Crippen molar-refractivity contribution >= 4 is 0 Å². The van der Waals surface area contributed by atoms with Crippen molar-refractivity contribution in [2.75, 3.05) is 6.54 Å². The van der Waals surface area contributed by atoms with Crippen LogP contribution in [0.15, 0.2) is 12.1 Å². The lowest BCUT2D eigenvalue weighted by Crippen LogP contribution is -2.47. The van der Waals surface area contributed by atoms with Crippen LogP contribution >= 0.6 is 0 Å². The van der Waals surface area contributed by atoms with Crippen LogP contribution in [0.5, 0.6) is 0 Å². The third-order valence-electron chi connectivity index (χ3n) is 4.80. The van der Waals surface area contributed by atoms with E-state index in [2.05, 4.69) is 17.1 Å². The molecule has 2 atom stereocenters. The van der Waals surface area contributed by atoms with Crippen LogP contribution in [0.4, 0.5) is 13.2 Å². The first-order chi connectivity index (χ1) is 10.1. The molecule has 0 spiro atoms. The Hall–Kier alpha value is -1.07. The summed E-state index contributed by atoms with van der Waals surface area (Å²) in [7, 11) is 0. The Bertz CT molecular complexity index is 485. The number of nitrogens with zero attached hydrogens (tertiary/aromatic N) is 1. The van der Waals surface area contributed by atoms with Gasteiger partial charge in [-0.05, 0) is 49.9 Å². The number of hydrogen-bond donors (Lipinski definition) is 1. The number of rotatable bonds is 4. The van der Waals surface area contributed by atoms with Gasteiger partial charge in [0, 0.05) is 24.7 Å². The summed E-state index contributed by atoms with van der Waals surface area (Å²) in [5, 5.41) is 3.59. The zero-order valence-corrected chi connectivity index (χ0v) is 12.2. The van der Waals surface area contributed by atoms with Crippen LogP contribution in [0.1, 0.15) is 38.2 Å². The molecular formula is C16H21F3N2. The predicted octanol–water partition coefficient (Wildman–Crippen LogP) is 3.21. The topological polar surface area (TPSA) is 15.3 Å². The Kier molecular flexibility index (Phi) is 4.22. The largest absolute Gasteiger partial charge is 0.311 e. The van der Waals surface area contributed by atoms with Gasteiger partial charge in [-0.1, -0.05) is 6.92 Å². The van der Waals surface area contributed by atoms with E-state index < -0.39 is 17.5 Å². The lowest BCUT2D eigenvalue weighted by molar-refractivity contribution is 0.140. The molecule has 1 N–H and O–H groups in total. The van der Waals surface area contributed by atoms with Crippen molar-refractivity contribution in [2.24, 2.45) is 0 Å². The molecule has 0 aliphatic carbocycles. The van der Waals surface area contributed by atoms with Crippen molar-refractivity contribution in [3.8, 4) is 0 Å². The van der Waals surface area contributed by atoms with Gasteiger partial charge in [-0.15, -0.1) is 0 Å². The van der Waals surface area contributed by atoms with Crippen molar-refractivity contribution in [3.05, 3.63) is 35.1 Å². The molecule has 0 amide bonds. The molecule has 1 aromatic carbocycles. The number of hydrogen-bond acceptors (Lipinski definition) is 2. The van der Waals surface area contributed by atoms with E-state index in [-0.39, 0.29) is 0 Å². The fraction of sp³-hybridized carbons (Fsp3) is 0.625. The summed E-state index contributed by atoms with van der Waals surface area (Å²) in [4.78, 5) is 2.25. The number of fused-ring (bicyclic) bond motifs is 2. The average Bonchev–Trinajstić information content (AvgIpc) is 2.80. The van der Waals surface area contributed by atoms with Gasteiger partial charge in [-0.2, -0.15) is 0 Å². The van der Waals surface area contributed by atoms with Gasteiger partial charge in [0.25, 0.3) is 0 Å². The summed E-state index contributed by atoms with van der Waals surface area (Å²) in [6.07, 6.45) is 4.60. The van der Waals surface area contributed by atoms with Crippen LogP contribution in [0, 0.1) is 17.5 Å². The zero-order valence-electron chi connectivity index (χ0n) is 12.2. The molecule has 0 radical (unpaired) electrons. The fourth-order valence-corrected chi connectivity index (χ4v) is 3.76. The highest BCUT2D eigenvalue weighted by Gasteiger charge is 2.35. The predicted molar refractivity (Wildman–Crippen MR) is 75.4 cm³/mol. The maximum absolute atomic E-state index is 13.3. The lowest BCUT2D eigenvalue weighted by atomic mass is 9.97. The minimum atomic E-state index is -1.39. The Morgan fingerprint density at radius 3 is 2.19 bits per heavy atom. The third-order valence-corrected chi connectivity index (χ3v) is 4.80. The normalized spacial score (nSPS) is 28.3. The molecule has 1 aromatic rings. The Morgan fingerprint density at radius 2 is 1.67 bits per heavy atom. The van der Waals surface area contributed by atoms with Gasteiger partial charge in [0.1, 0.15) is 0 Å². The molecule has 2 aliphatic heterocycles. The van der Waals surface area contributed by atoms with Crippen LogP contribution in [-0.2, 0) is 6.54 Å². The van der Waals surface area contributed by atoms with Gasteiger partial charge in [0.15, 0.2) is 17.5 Å². The molecule has 2 fully saturated rings. The molecule has 2 bridgehead atoms. The van der Waals surface area contributed by atoms with Crippen LogP contribution in [-0.4, -0.2) is 29.6 Å². The Morgan fingerprint density at radius 1 is 1.10 bits per heavy atom. The van der Waals surface area contributed by atoms with Crippen LogP contribution in [0.2, 0.25) is 0 Å². The number of benzene rings is 1. The summed E-state index contributed by atoms with van der Waals surface area (Å²) >= 11 is 0. The summed E-state index contributed by atoms with van der Waals surface area (Å²) in [6.45, 7) is 3.35. The van der Waals surface area contributed by atoms with E-state index in [1.165, 1.54) is 12.8 Å². The summed E-state index contributed by atoms with van der Waals surface area (Å²) < 4.78 is 39.7. The molecule has 5 heteroatoms. The molecule has 0 saturated carbocycles. The van der Waals surface area contributed by atoms with Gasteiger partial charge in [0.2, 0.25) is 0 Å². The van der Waals surface area contributed by atoms with Gasteiger partial charge in [0.05, 0.1) is 0 Å². The maximum atomic E-state index is 13.3. The number of halogens is 3. The standard InChI is InChI=1S/C16H21F3N2/c1-2-21(13-7-11-3-4-12(8-13)20-11)9-10-5-14(17)16(19)15(18)6-10/h5-6,11-13,20H,2-4,7-9H2,1H3. The van der Waals surface area contributed by atoms with Crippen molar-refractivity contribution in [1.29, 1.82) is 0 Å². The molecule has 2 nitrogen and oxygen atoms in total. The van der Waals surface area contributed by atoms with Gasteiger partial charge in [-0.25, -0.2) is 13.2 Å². The monoisotopic (exact) mass is 298 g/mol. The van der Waals surface area contributed by atoms with Crippen LogP contribution in [0.3, 0.4) is 0 Å². The molecule has 2 unspecified atom stereocenters. The van der Waals surface area contributed by atoms with Gasteiger partial charge < -0.3 is 5.32 Å². The third kappa shape index (κ3) is 3.09. The molecule has 2 aliphatic rings. The van der Waals surface area contributed by atoms with Gasteiger partial charge in [-0.3, -0.25) is 4.90 Å². The summed E-state index contributed by atoms with van der Waals surface area (Å²) in [5.41, 5.74) is 0.499. The van der Waals surface area contributed by atoms with Crippen molar-refractivity contribution in [2.45, 2.75) is 57.3 Å². The van der Waals surface area contributed by atoms with E-state index in [9.17, 15) is 13.2 Å². The molecular weight excluding hydrogens is 277 g/mol. The molecule has 116 valence electrons. The second-order valence-electron chi connectivity index (χ2n) is 6.20. The van der Waals surface area contributed by atoms with Crippen molar-refractivity contribution < 1.29 is 13.2 Å². The summed E-state index contributed by atoms with van der Waals surface area (Å²) in [5.74, 6) is -3.60. The minimum absolute atomic E-state index is 0.435. The smallest absolute Gasteiger partial charge is 0.194 e. The van der Waals surface area contributed by atoms with E-state index >= 15 is 0 Å². The second kappa shape index (κ2) is 5.97. The average molecular weight is 298 g/mol. The molecule has 0 aromatic heterocycles. The number of nitrogens with one attached hydrogen (secondary N) is 1. The van der Waals surface area contributed by atoms with E-state index in [1.807, 2.05) is 0 Å². The maximum Gasteiger partial charge on any atom is 0.194 e. The van der Waals surface area contributed by atoms with E-state index in [0.29, 0.717) is 30.2 Å². The molecule has 3 rings (SSSR count). The van der Waals surface area contributed by atoms with Crippen LogP contribution < -0.4 is 5.32 Å². The minimum Gasteiger partial charge on any atom is -0.311 e. The first kappa shape index (κ1) is 14.9. The quantitative estimate of drug-likeness (QED) is 0.859. The summed E-state index contributed by atoms with van der Waals surface area (Å²) in [6, 6.07) is 3.80. The highest BCUT2D eigenvalue weighted by atomic mass is 19.2. The molecule has 2 heterocycles. The van der Waals surface area contributed by atoms with Crippen molar-refractivity contribution in [3.63, 3.8) is 0 Å².